The molecule has 15 heavy (non-hydrogen) atoms. The van der Waals surface area contributed by atoms with Crippen LogP contribution in [0.25, 0.3) is 0 Å². The van der Waals surface area contributed by atoms with Gasteiger partial charge in [-0.3, -0.25) is 0 Å². The summed E-state index contributed by atoms with van der Waals surface area (Å²) in [5, 5.41) is 3.63. The van der Waals surface area contributed by atoms with E-state index in [-0.39, 0.29) is 0 Å². The van der Waals surface area contributed by atoms with Crippen LogP contribution in [0.3, 0.4) is 0 Å². The van der Waals surface area contributed by atoms with Gasteiger partial charge in [0.25, 0.3) is 0 Å². The normalized spacial score (nSPS) is 23.9. The van der Waals surface area contributed by atoms with Crippen LogP contribution in [0.15, 0.2) is 0 Å². The molecule has 0 amide bonds. The van der Waals surface area contributed by atoms with Crippen molar-refractivity contribution in [3.8, 4) is 12.3 Å². The number of likely N-dealkylation sites (tertiary alicyclic amines) is 1. The highest BCUT2D eigenvalue weighted by atomic mass is 15.1. The van der Waals surface area contributed by atoms with E-state index in [2.05, 4.69) is 16.1 Å². The molecule has 2 heteroatoms. The van der Waals surface area contributed by atoms with Gasteiger partial charge in [0.15, 0.2) is 0 Å². The molecule has 1 aliphatic heterocycles. The lowest BCUT2D eigenvalue weighted by molar-refractivity contribution is 0.185. The minimum absolute atomic E-state index is 0.865. The molecule has 1 aliphatic carbocycles. The summed E-state index contributed by atoms with van der Waals surface area (Å²) in [6, 6.07) is 0.865. The third kappa shape index (κ3) is 3.85. The fourth-order valence-corrected chi connectivity index (χ4v) is 2.26. The van der Waals surface area contributed by atoms with Crippen molar-refractivity contribution in [2.75, 3.05) is 26.2 Å². The van der Waals surface area contributed by atoms with Gasteiger partial charge in [0.2, 0.25) is 0 Å². The fraction of sp³-hybridized carbons (Fsp3) is 0.846. The first-order chi connectivity index (χ1) is 7.38. The molecule has 1 N–H and O–H groups in total. The quantitative estimate of drug-likeness (QED) is 0.685. The fourth-order valence-electron chi connectivity index (χ4n) is 2.26. The molecule has 2 fully saturated rings. The van der Waals surface area contributed by atoms with Gasteiger partial charge < -0.3 is 10.2 Å². The number of nitrogens with one attached hydrogen (secondary N) is 1. The van der Waals surface area contributed by atoms with Gasteiger partial charge in [-0.15, -0.1) is 12.3 Å². The monoisotopic (exact) mass is 206 g/mol. The maximum atomic E-state index is 5.27. The number of hydrogen-bond donors (Lipinski definition) is 1. The smallest absolute Gasteiger partial charge is 0.0214 e. The second-order valence-electron chi connectivity index (χ2n) is 4.92. The molecule has 0 spiro atoms. The van der Waals surface area contributed by atoms with Gasteiger partial charge in [0, 0.05) is 19.0 Å². The Labute approximate surface area is 93.4 Å². The van der Waals surface area contributed by atoms with Crippen LogP contribution in [-0.2, 0) is 0 Å². The molecule has 2 aliphatic rings. The van der Waals surface area contributed by atoms with Crippen LogP contribution >= 0.6 is 0 Å². The minimum Gasteiger partial charge on any atom is -0.314 e. The van der Waals surface area contributed by atoms with Crippen molar-refractivity contribution in [3.05, 3.63) is 0 Å². The molecule has 0 radical (unpaired) electrons. The summed E-state index contributed by atoms with van der Waals surface area (Å²) in [7, 11) is 0. The van der Waals surface area contributed by atoms with Gasteiger partial charge in [-0.2, -0.15) is 0 Å². The highest BCUT2D eigenvalue weighted by Crippen LogP contribution is 2.21. The average Bonchev–Trinajstić information content (AvgIpc) is 3.09. The standard InChI is InChI=1S/C13H22N2/c1-2-3-8-15-9-6-12(7-10-15)11-14-13-4-5-13/h1,12-14H,3-11H2. The van der Waals surface area contributed by atoms with Crippen LogP contribution in [0.2, 0.25) is 0 Å². The Morgan fingerprint density at radius 1 is 1.20 bits per heavy atom. The second kappa shape index (κ2) is 5.53. The van der Waals surface area contributed by atoms with E-state index in [1.807, 2.05) is 0 Å². The van der Waals surface area contributed by atoms with E-state index in [4.69, 9.17) is 6.42 Å². The van der Waals surface area contributed by atoms with Gasteiger partial charge in [-0.1, -0.05) is 0 Å². The van der Waals surface area contributed by atoms with Crippen LogP contribution < -0.4 is 5.32 Å². The molecule has 0 unspecified atom stereocenters. The molecule has 84 valence electrons. The Kier molecular flexibility index (Phi) is 4.05. The van der Waals surface area contributed by atoms with E-state index in [1.165, 1.54) is 45.3 Å². The van der Waals surface area contributed by atoms with Crippen LogP contribution in [-0.4, -0.2) is 37.1 Å². The minimum atomic E-state index is 0.865. The summed E-state index contributed by atoms with van der Waals surface area (Å²) in [5.74, 6) is 3.63. The van der Waals surface area contributed by atoms with E-state index in [1.54, 1.807) is 0 Å². The number of hydrogen-bond acceptors (Lipinski definition) is 2. The van der Waals surface area contributed by atoms with Crippen LogP contribution in [0.5, 0.6) is 0 Å². The lowest BCUT2D eigenvalue weighted by Crippen LogP contribution is -2.38. The van der Waals surface area contributed by atoms with Crippen molar-refractivity contribution in [1.82, 2.24) is 10.2 Å². The first-order valence-corrected chi connectivity index (χ1v) is 6.27. The number of rotatable bonds is 5. The molecule has 1 heterocycles. The van der Waals surface area contributed by atoms with E-state index in [0.29, 0.717) is 0 Å². The lowest BCUT2D eigenvalue weighted by Gasteiger charge is -2.31. The summed E-state index contributed by atoms with van der Waals surface area (Å²) in [6.07, 6.45) is 11.7. The van der Waals surface area contributed by atoms with E-state index < -0.39 is 0 Å². The molecule has 1 saturated heterocycles. The zero-order chi connectivity index (χ0) is 10.5. The largest absolute Gasteiger partial charge is 0.314 e. The van der Waals surface area contributed by atoms with Crippen molar-refractivity contribution in [3.63, 3.8) is 0 Å². The summed E-state index contributed by atoms with van der Waals surface area (Å²) in [5.41, 5.74) is 0. The average molecular weight is 206 g/mol. The van der Waals surface area contributed by atoms with Gasteiger partial charge in [0.1, 0.15) is 0 Å². The third-order valence-corrected chi connectivity index (χ3v) is 3.55. The molecular weight excluding hydrogens is 184 g/mol. The topological polar surface area (TPSA) is 15.3 Å². The Morgan fingerprint density at radius 3 is 2.53 bits per heavy atom. The van der Waals surface area contributed by atoms with Gasteiger partial charge in [-0.05, 0) is 51.2 Å². The number of piperidine rings is 1. The lowest BCUT2D eigenvalue weighted by atomic mass is 9.96. The zero-order valence-electron chi connectivity index (χ0n) is 9.54. The Bertz CT molecular complexity index is 219. The summed E-state index contributed by atoms with van der Waals surface area (Å²) in [4.78, 5) is 2.51. The van der Waals surface area contributed by atoms with E-state index in [9.17, 15) is 0 Å². The molecular formula is C13H22N2. The van der Waals surface area contributed by atoms with Crippen LogP contribution in [0.1, 0.15) is 32.1 Å². The van der Waals surface area contributed by atoms with Gasteiger partial charge in [-0.25, -0.2) is 0 Å². The zero-order valence-corrected chi connectivity index (χ0v) is 9.54. The van der Waals surface area contributed by atoms with Crippen LogP contribution in [0.4, 0.5) is 0 Å². The first-order valence-electron chi connectivity index (χ1n) is 6.27. The van der Waals surface area contributed by atoms with Crippen molar-refractivity contribution >= 4 is 0 Å². The van der Waals surface area contributed by atoms with Crippen molar-refractivity contribution < 1.29 is 0 Å². The maximum absolute atomic E-state index is 5.27. The molecule has 0 aromatic rings. The highest BCUT2D eigenvalue weighted by Gasteiger charge is 2.23. The third-order valence-electron chi connectivity index (χ3n) is 3.55. The Hall–Kier alpha value is -0.520. The molecule has 1 saturated carbocycles. The molecule has 2 nitrogen and oxygen atoms in total. The summed E-state index contributed by atoms with van der Waals surface area (Å²) < 4.78 is 0. The number of terminal acetylenes is 1. The van der Waals surface area contributed by atoms with Crippen LogP contribution in [0, 0.1) is 18.3 Å². The van der Waals surface area contributed by atoms with Crippen molar-refractivity contribution in [1.29, 1.82) is 0 Å². The predicted octanol–water partition coefficient (Wildman–Crippen LogP) is 1.47. The predicted molar refractivity (Wildman–Crippen MR) is 63.6 cm³/mol. The van der Waals surface area contributed by atoms with Crippen molar-refractivity contribution in [2.45, 2.75) is 38.1 Å². The summed E-state index contributed by atoms with van der Waals surface area (Å²) in [6.45, 7) is 4.84. The highest BCUT2D eigenvalue weighted by molar-refractivity contribution is 4.86. The number of nitrogens with zero attached hydrogens (tertiary/aromatic N) is 1. The first kappa shape index (κ1) is 11.0. The van der Waals surface area contributed by atoms with Gasteiger partial charge in [0.05, 0.1) is 0 Å². The molecule has 0 atom stereocenters. The van der Waals surface area contributed by atoms with Crippen molar-refractivity contribution in [2.24, 2.45) is 5.92 Å². The van der Waals surface area contributed by atoms with E-state index >= 15 is 0 Å². The Balaban J connectivity index is 1.56. The molecule has 0 aromatic heterocycles. The SMILES string of the molecule is C#CCCN1CCC(CNC2CC2)CC1. The van der Waals surface area contributed by atoms with E-state index in [0.717, 1.165) is 24.9 Å². The second-order valence-corrected chi connectivity index (χ2v) is 4.92. The summed E-state index contributed by atoms with van der Waals surface area (Å²) >= 11 is 0. The molecule has 0 aromatic carbocycles. The maximum Gasteiger partial charge on any atom is 0.0214 e. The Morgan fingerprint density at radius 2 is 1.93 bits per heavy atom. The molecule has 2 rings (SSSR count). The molecule has 0 bridgehead atoms. The van der Waals surface area contributed by atoms with Gasteiger partial charge >= 0.3 is 0 Å².